The summed E-state index contributed by atoms with van der Waals surface area (Å²) in [5, 5.41) is 0. The fourth-order valence-corrected chi connectivity index (χ4v) is 5.18. The molecule has 0 atom stereocenters. The van der Waals surface area contributed by atoms with Gasteiger partial charge in [0.25, 0.3) is 0 Å². The zero-order valence-electron chi connectivity index (χ0n) is 12.8. The van der Waals surface area contributed by atoms with Crippen LogP contribution in [0.2, 0.25) is 4.34 Å². The number of nitrogens with zero attached hydrogens (tertiary/aromatic N) is 3. The molecule has 8 heteroatoms. The summed E-state index contributed by atoms with van der Waals surface area (Å²) in [5.41, 5.74) is 0. The van der Waals surface area contributed by atoms with E-state index in [4.69, 9.17) is 11.6 Å². The molecule has 0 N–H and O–H groups in total. The van der Waals surface area contributed by atoms with E-state index in [2.05, 4.69) is 4.98 Å². The van der Waals surface area contributed by atoms with E-state index in [1.807, 2.05) is 24.1 Å². The second-order valence-corrected chi connectivity index (χ2v) is 9.26. The van der Waals surface area contributed by atoms with Crippen LogP contribution in [0, 0.1) is 0 Å². The van der Waals surface area contributed by atoms with Gasteiger partial charge in [0.15, 0.2) is 0 Å². The van der Waals surface area contributed by atoms with Crippen LogP contribution in [0.1, 0.15) is 17.7 Å². The van der Waals surface area contributed by atoms with Gasteiger partial charge in [0.2, 0.25) is 10.0 Å². The van der Waals surface area contributed by atoms with Gasteiger partial charge in [-0.25, -0.2) is 13.4 Å². The van der Waals surface area contributed by atoms with Crippen molar-refractivity contribution >= 4 is 38.8 Å². The fourth-order valence-electron chi connectivity index (χ4n) is 2.58. The molecule has 0 bridgehead atoms. The number of halogens is 1. The molecule has 3 heterocycles. The molecule has 124 valence electrons. The van der Waals surface area contributed by atoms with E-state index in [0.29, 0.717) is 19.6 Å². The maximum atomic E-state index is 12.5. The fraction of sp³-hybridized carbons (Fsp3) is 0.400. The number of sulfonamides is 1. The lowest BCUT2D eigenvalue weighted by molar-refractivity contribution is 0.477. The Morgan fingerprint density at radius 3 is 2.57 bits per heavy atom. The van der Waals surface area contributed by atoms with Gasteiger partial charge in [-0.1, -0.05) is 11.6 Å². The van der Waals surface area contributed by atoms with Crippen molar-refractivity contribution in [3.05, 3.63) is 39.7 Å². The summed E-state index contributed by atoms with van der Waals surface area (Å²) in [7, 11) is -1.48. The zero-order valence-corrected chi connectivity index (χ0v) is 15.2. The molecule has 1 aliphatic rings. The first-order chi connectivity index (χ1) is 11.0. The highest BCUT2D eigenvalue weighted by Gasteiger charge is 2.27. The van der Waals surface area contributed by atoms with Crippen LogP contribution in [0.3, 0.4) is 0 Å². The van der Waals surface area contributed by atoms with E-state index in [0.717, 1.165) is 27.9 Å². The van der Waals surface area contributed by atoms with Crippen LogP contribution in [0.4, 0.5) is 5.82 Å². The quantitative estimate of drug-likeness (QED) is 0.809. The molecule has 0 radical (unpaired) electrons. The van der Waals surface area contributed by atoms with Crippen LogP contribution in [0.25, 0.3) is 0 Å². The van der Waals surface area contributed by atoms with Crippen LogP contribution >= 0.6 is 22.9 Å². The van der Waals surface area contributed by atoms with Gasteiger partial charge in [-0.15, -0.1) is 11.3 Å². The Kier molecular flexibility index (Phi) is 4.91. The first-order valence-electron chi connectivity index (χ1n) is 7.38. The lowest BCUT2D eigenvalue weighted by Gasteiger charge is -2.19. The maximum absolute atomic E-state index is 12.5. The molecule has 1 aliphatic heterocycles. The standard InChI is InChI=1S/C15H18ClN3O2S2/c1-18(11-12-4-6-14(16)22-12)15-7-5-13(10-17-15)23(20,21)19-8-2-3-9-19/h4-7,10H,2-3,8-9,11H2,1H3. The van der Waals surface area contributed by atoms with Gasteiger partial charge in [-0.05, 0) is 37.1 Å². The summed E-state index contributed by atoms with van der Waals surface area (Å²) in [6.07, 6.45) is 3.30. The van der Waals surface area contributed by atoms with Gasteiger partial charge in [0.1, 0.15) is 10.7 Å². The summed E-state index contributed by atoms with van der Waals surface area (Å²) >= 11 is 7.46. The van der Waals surface area contributed by atoms with Crippen LogP contribution in [-0.4, -0.2) is 37.8 Å². The highest BCUT2D eigenvalue weighted by atomic mass is 35.5. The molecular weight excluding hydrogens is 354 g/mol. The smallest absolute Gasteiger partial charge is 0.244 e. The summed E-state index contributed by atoms with van der Waals surface area (Å²) in [5.74, 6) is 0.731. The molecule has 3 rings (SSSR count). The Morgan fingerprint density at radius 1 is 1.26 bits per heavy atom. The molecule has 2 aromatic rings. The molecule has 2 aromatic heterocycles. The third-order valence-corrected chi connectivity index (χ3v) is 6.93. The third-order valence-electron chi connectivity index (χ3n) is 3.84. The molecule has 5 nitrogen and oxygen atoms in total. The Hall–Kier alpha value is -1.15. The first-order valence-corrected chi connectivity index (χ1v) is 10.0. The molecule has 1 fully saturated rings. The summed E-state index contributed by atoms with van der Waals surface area (Å²) in [6, 6.07) is 7.23. The molecule has 23 heavy (non-hydrogen) atoms. The third kappa shape index (κ3) is 3.68. The second-order valence-electron chi connectivity index (χ2n) is 5.53. The van der Waals surface area contributed by atoms with Crippen molar-refractivity contribution in [3.8, 4) is 0 Å². The van der Waals surface area contributed by atoms with E-state index in [1.54, 1.807) is 12.1 Å². The molecule has 0 saturated carbocycles. The summed E-state index contributed by atoms with van der Waals surface area (Å²) < 4.78 is 27.2. The van der Waals surface area contributed by atoms with Crippen molar-refractivity contribution in [1.82, 2.24) is 9.29 Å². The number of pyridine rings is 1. The van der Waals surface area contributed by atoms with Crippen molar-refractivity contribution < 1.29 is 8.42 Å². The van der Waals surface area contributed by atoms with E-state index >= 15 is 0 Å². The van der Waals surface area contributed by atoms with Gasteiger partial charge in [0, 0.05) is 31.2 Å². The Balaban J connectivity index is 1.73. The highest BCUT2D eigenvalue weighted by molar-refractivity contribution is 7.89. The predicted octanol–water partition coefficient (Wildman–Crippen LogP) is 3.22. The van der Waals surface area contributed by atoms with Crippen molar-refractivity contribution in [2.75, 3.05) is 25.0 Å². The number of hydrogen-bond acceptors (Lipinski definition) is 5. The van der Waals surface area contributed by atoms with Crippen LogP contribution in [0.5, 0.6) is 0 Å². The topological polar surface area (TPSA) is 53.5 Å². The molecule has 0 spiro atoms. The Bertz CT molecular complexity index is 768. The average Bonchev–Trinajstić information content (AvgIpc) is 3.19. The van der Waals surface area contributed by atoms with Crippen LogP contribution in [-0.2, 0) is 16.6 Å². The van der Waals surface area contributed by atoms with Gasteiger partial charge >= 0.3 is 0 Å². The molecule has 0 aliphatic carbocycles. The molecule has 0 amide bonds. The van der Waals surface area contributed by atoms with E-state index < -0.39 is 10.0 Å². The number of rotatable bonds is 5. The number of anilines is 1. The van der Waals surface area contributed by atoms with Crippen LogP contribution < -0.4 is 4.90 Å². The van der Waals surface area contributed by atoms with Crippen molar-refractivity contribution in [1.29, 1.82) is 0 Å². The summed E-state index contributed by atoms with van der Waals surface area (Å²) in [6.45, 7) is 1.88. The van der Waals surface area contributed by atoms with Gasteiger partial charge in [-0.3, -0.25) is 0 Å². The minimum Gasteiger partial charge on any atom is -0.355 e. The second kappa shape index (κ2) is 6.76. The predicted molar refractivity (Wildman–Crippen MR) is 93.7 cm³/mol. The first kappa shape index (κ1) is 16.7. The Labute approximate surface area is 145 Å². The number of thiophene rings is 1. The zero-order chi connectivity index (χ0) is 16.4. The lowest BCUT2D eigenvalue weighted by Crippen LogP contribution is -2.28. The van der Waals surface area contributed by atoms with Crippen molar-refractivity contribution in [2.24, 2.45) is 0 Å². The Morgan fingerprint density at radius 2 is 2.00 bits per heavy atom. The minimum atomic E-state index is -3.40. The van der Waals surface area contributed by atoms with E-state index in [1.165, 1.54) is 21.8 Å². The van der Waals surface area contributed by atoms with Crippen molar-refractivity contribution in [2.45, 2.75) is 24.3 Å². The van der Waals surface area contributed by atoms with E-state index in [9.17, 15) is 8.42 Å². The highest BCUT2D eigenvalue weighted by Crippen LogP contribution is 2.25. The van der Waals surface area contributed by atoms with Gasteiger partial charge in [0.05, 0.1) is 10.9 Å². The SMILES string of the molecule is CN(Cc1ccc(Cl)s1)c1ccc(S(=O)(=O)N2CCCC2)cn1. The molecule has 0 unspecified atom stereocenters. The van der Waals surface area contributed by atoms with Gasteiger partial charge < -0.3 is 4.90 Å². The molecular formula is C15H18ClN3O2S2. The monoisotopic (exact) mass is 371 g/mol. The number of hydrogen-bond donors (Lipinski definition) is 0. The van der Waals surface area contributed by atoms with E-state index in [-0.39, 0.29) is 4.90 Å². The maximum Gasteiger partial charge on any atom is 0.244 e. The average molecular weight is 372 g/mol. The molecule has 1 saturated heterocycles. The normalized spacial score (nSPS) is 15.9. The largest absolute Gasteiger partial charge is 0.355 e. The molecule has 0 aromatic carbocycles. The van der Waals surface area contributed by atoms with Gasteiger partial charge in [-0.2, -0.15) is 4.31 Å². The minimum absolute atomic E-state index is 0.260. The lowest BCUT2D eigenvalue weighted by atomic mass is 10.4. The van der Waals surface area contributed by atoms with Crippen LogP contribution in [0.15, 0.2) is 35.4 Å². The number of aromatic nitrogens is 1. The summed E-state index contributed by atoms with van der Waals surface area (Å²) in [4.78, 5) is 7.67. The van der Waals surface area contributed by atoms with Crippen molar-refractivity contribution in [3.63, 3.8) is 0 Å².